The predicted molar refractivity (Wildman–Crippen MR) is 77.0 cm³/mol. The van der Waals surface area contributed by atoms with E-state index >= 15 is 0 Å². The normalized spacial score (nSPS) is 13.4. The molecule has 0 aliphatic heterocycles. The van der Waals surface area contributed by atoms with E-state index < -0.39 is 10.0 Å². The number of nitrogen functional groups attached to an aromatic ring is 1. The fraction of sp³-hybridized carbons (Fsp3) is 0.538. The second kappa shape index (κ2) is 7.47. The van der Waals surface area contributed by atoms with Crippen LogP contribution >= 0.6 is 0 Å². The third kappa shape index (κ3) is 6.04. The van der Waals surface area contributed by atoms with Gasteiger partial charge in [0.2, 0.25) is 10.0 Å². The Morgan fingerprint density at radius 3 is 2.47 bits per heavy atom. The lowest BCUT2D eigenvalue weighted by Crippen LogP contribution is -2.30. The van der Waals surface area contributed by atoms with Gasteiger partial charge in [-0.2, -0.15) is 0 Å². The van der Waals surface area contributed by atoms with Gasteiger partial charge < -0.3 is 10.8 Å². The number of nitrogens with one attached hydrogen (secondary N) is 1. The molecule has 4 N–H and O–H groups in total. The average molecular weight is 286 g/mol. The minimum Gasteiger partial charge on any atom is -0.399 e. The van der Waals surface area contributed by atoms with Gasteiger partial charge in [0.25, 0.3) is 0 Å². The molecule has 1 rings (SSSR count). The van der Waals surface area contributed by atoms with Gasteiger partial charge in [-0.3, -0.25) is 0 Å². The fourth-order valence-corrected chi connectivity index (χ4v) is 2.99. The van der Waals surface area contributed by atoms with Gasteiger partial charge in [-0.15, -0.1) is 0 Å². The van der Waals surface area contributed by atoms with Crippen LogP contribution in [0.3, 0.4) is 0 Å². The lowest BCUT2D eigenvalue weighted by molar-refractivity contribution is 0.254. The van der Waals surface area contributed by atoms with Crippen LogP contribution in [0.15, 0.2) is 24.3 Å². The summed E-state index contributed by atoms with van der Waals surface area (Å²) in [7, 11) is -3.34. The summed E-state index contributed by atoms with van der Waals surface area (Å²) >= 11 is 0. The van der Waals surface area contributed by atoms with Crippen LogP contribution in [0.5, 0.6) is 0 Å². The molecule has 1 atom stereocenters. The summed E-state index contributed by atoms with van der Waals surface area (Å²) in [5.74, 6) is 0.120. The highest BCUT2D eigenvalue weighted by Gasteiger charge is 2.14. The molecule has 0 bridgehead atoms. The maximum Gasteiger partial charge on any atom is 0.215 e. The van der Waals surface area contributed by atoms with Gasteiger partial charge in [-0.1, -0.05) is 25.5 Å². The number of benzene rings is 1. The molecule has 19 heavy (non-hydrogen) atoms. The summed E-state index contributed by atoms with van der Waals surface area (Å²) in [6.45, 7) is 2.43. The number of anilines is 1. The molecule has 0 amide bonds. The first-order valence-corrected chi connectivity index (χ1v) is 8.04. The molecular weight excluding hydrogens is 264 g/mol. The first-order valence-electron chi connectivity index (χ1n) is 6.39. The third-order valence-corrected chi connectivity index (χ3v) is 4.36. The number of hydrogen-bond acceptors (Lipinski definition) is 4. The maximum atomic E-state index is 11.9. The Morgan fingerprint density at radius 2 is 1.95 bits per heavy atom. The Kier molecular flexibility index (Phi) is 6.27. The van der Waals surface area contributed by atoms with Gasteiger partial charge in [0.1, 0.15) is 0 Å². The van der Waals surface area contributed by atoms with Crippen LogP contribution < -0.4 is 10.5 Å². The monoisotopic (exact) mass is 286 g/mol. The van der Waals surface area contributed by atoms with Crippen molar-refractivity contribution in [1.29, 1.82) is 0 Å². The van der Waals surface area contributed by atoms with Crippen LogP contribution in [-0.4, -0.2) is 26.7 Å². The Morgan fingerprint density at radius 1 is 1.32 bits per heavy atom. The van der Waals surface area contributed by atoms with E-state index in [1.165, 1.54) is 0 Å². The van der Waals surface area contributed by atoms with Gasteiger partial charge in [0.05, 0.1) is 5.75 Å². The van der Waals surface area contributed by atoms with E-state index in [0.717, 1.165) is 6.42 Å². The van der Waals surface area contributed by atoms with Gasteiger partial charge in [-0.25, -0.2) is 13.1 Å². The lowest BCUT2D eigenvalue weighted by Gasteiger charge is -2.14. The molecule has 0 spiro atoms. The molecule has 0 aliphatic carbocycles. The van der Waals surface area contributed by atoms with E-state index in [1.807, 2.05) is 6.92 Å². The van der Waals surface area contributed by atoms with Crippen molar-refractivity contribution >= 4 is 15.7 Å². The third-order valence-electron chi connectivity index (χ3n) is 3.04. The fourth-order valence-electron chi connectivity index (χ4n) is 1.76. The zero-order chi connectivity index (χ0) is 14.3. The van der Waals surface area contributed by atoms with Crippen molar-refractivity contribution in [3.05, 3.63) is 29.8 Å². The quantitative estimate of drug-likeness (QED) is 0.624. The van der Waals surface area contributed by atoms with Gasteiger partial charge >= 0.3 is 0 Å². The second-order valence-corrected chi connectivity index (χ2v) is 6.44. The molecule has 0 fully saturated rings. The number of aliphatic hydroxyl groups excluding tert-OH is 1. The standard InChI is InChI=1S/C13H22N2O3S/c1-2-11(7-8-16)9-15-19(17,18)10-12-3-5-13(14)6-4-12/h3-6,11,15-16H,2,7-10,14H2,1H3. The molecule has 0 heterocycles. The molecule has 6 heteroatoms. The van der Waals surface area contributed by atoms with Crippen LogP contribution in [0.1, 0.15) is 25.3 Å². The summed E-state index contributed by atoms with van der Waals surface area (Å²) in [6, 6.07) is 6.79. The molecule has 0 aromatic heterocycles. The molecule has 108 valence electrons. The van der Waals surface area contributed by atoms with Gasteiger partial charge in [0, 0.05) is 18.8 Å². The number of hydrogen-bond donors (Lipinski definition) is 3. The molecular formula is C13H22N2O3S. The number of aliphatic hydroxyl groups is 1. The van der Waals surface area contributed by atoms with E-state index in [0.29, 0.717) is 24.2 Å². The SMILES string of the molecule is CCC(CCO)CNS(=O)(=O)Cc1ccc(N)cc1. The summed E-state index contributed by atoms with van der Waals surface area (Å²) in [5, 5.41) is 8.87. The molecule has 5 nitrogen and oxygen atoms in total. The van der Waals surface area contributed by atoms with Crippen LogP contribution in [-0.2, 0) is 15.8 Å². The Balaban J connectivity index is 2.54. The van der Waals surface area contributed by atoms with Gasteiger partial charge in [0.15, 0.2) is 0 Å². The highest BCUT2D eigenvalue weighted by molar-refractivity contribution is 7.88. The van der Waals surface area contributed by atoms with E-state index in [1.54, 1.807) is 24.3 Å². The van der Waals surface area contributed by atoms with Crippen molar-refractivity contribution in [2.24, 2.45) is 5.92 Å². The smallest absolute Gasteiger partial charge is 0.215 e. The van der Waals surface area contributed by atoms with Crippen molar-refractivity contribution in [2.45, 2.75) is 25.5 Å². The zero-order valence-corrected chi connectivity index (χ0v) is 12.0. The van der Waals surface area contributed by atoms with Crippen molar-refractivity contribution in [3.8, 4) is 0 Å². The molecule has 0 radical (unpaired) electrons. The van der Waals surface area contributed by atoms with Crippen LogP contribution in [0.2, 0.25) is 0 Å². The minimum atomic E-state index is -3.34. The first kappa shape index (κ1) is 15.9. The summed E-state index contributed by atoms with van der Waals surface area (Å²) < 4.78 is 26.4. The van der Waals surface area contributed by atoms with Crippen LogP contribution in [0.25, 0.3) is 0 Å². The van der Waals surface area contributed by atoms with E-state index in [4.69, 9.17) is 10.8 Å². The Labute approximate surface area is 114 Å². The van der Waals surface area contributed by atoms with Gasteiger partial charge in [-0.05, 0) is 30.0 Å². The molecule has 0 aliphatic rings. The second-order valence-electron chi connectivity index (χ2n) is 4.64. The van der Waals surface area contributed by atoms with E-state index in [2.05, 4.69) is 4.72 Å². The Bertz CT molecular complexity index is 471. The highest BCUT2D eigenvalue weighted by Crippen LogP contribution is 2.10. The minimum absolute atomic E-state index is 0.0527. The van der Waals surface area contributed by atoms with Crippen molar-refractivity contribution in [2.75, 3.05) is 18.9 Å². The Hall–Kier alpha value is -1.11. The lowest BCUT2D eigenvalue weighted by atomic mass is 10.0. The van der Waals surface area contributed by atoms with E-state index in [9.17, 15) is 8.42 Å². The summed E-state index contributed by atoms with van der Waals surface area (Å²) in [6.07, 6.45) is 1.45. The number of nitrogens with two attached hydrogens (primary N) is 1. The molecule has 0 saturated heterocycles. The molecule has 1 unspecified atom stereocenters. The summed E-state index contributed by atoms with van der Waals surface area (Å²) in [5.41, 5.74) is 6.87. The van der Waals surface area contributed by atoms with Crippen molar-refractivity contribution in [3.63, 3.8) is 0 Å². The number of sulfonamides is 1. The van der Waals surface area contributed by atoms with Crippen molar-refractivity contribution in [1.82, 2.24) is 4.72 Å². The average Bonchev–Trinajstić information content (AvgIpc) is 2.37. The zero-order valence-electron chi connectivity index (χ0n) is 11.2. The molecule has 0 saturated carbocycles. The number of rotatable bonds is 8. The van der Waals surface area contributed by atoms with E-state index in [-0.39, 0.29) is 18.3 Å². The highest BCUT2D eigenvalue weighted by atomic mass is 32.2. The molecule has 1 aromatic carbocycles. The first-order chi connectivity index (χ1) is 8.96. The topological polar surface area (TPSA) is 92.4 Å². The largest absolute Gasteiger partial charge is 0.399 e. The maximum absolute atomic E-state index is 11.9. The summed E-state index contributed by atoms with van der Waals surface area (Å²) in [4.78, 5) is 0. The van der Waals surface area contributed by atoms with Crippen LogP contribution in [0, 0.1) is 5.92 Å². The molecule has 1 aromatic rings. The van der Waals surface area contributed by atoms with Crippen molar-refractivity contribution < 1.29 is 13.5 Å². The van der Waals surface area contributed by atoms with Crippen LogP contribution in [0.4, 0.5) is 5.69 Å². The predicted octanol–water partition coefficient (Wildman–Crippen LogP) is 1.10.